The van der Waals surface area contributed by atoms with Gasteiger partial charge < -0.3 is 13.9 Å². The Labute approximate surface area is 190 Å². The zero-order valence-electron chi connectivity index (χ0n) is 20.0. The van der Waals surface area contributed by atoms with Gasteiger partial charge in [0.1, 0.15) is 0 Å². The van der Waals surface area contributed by atoms with E-state index in [1.165, 1.54) is 33.9 Å². The summed E-state index contributed by atoms with van der Waals surface area (Å²) in [6, 6.07) is 26.1. The number of hydrogen-bond donors (Lipinski definition) is 1. The highest BCUT2D eigenvalue weighted by Crippen LogP contribution is 2.19. The van der Waals surface area contributed by atoms with Gasteiger partial charge in [0.15, 0.2) is 0 Å². The molecule has 0 aliphatic rings. The van der Waals surface area contributed by atoms with E-state index in [-0.39, 0.29) is 0 Å². The smallest absolute Gasteiger partial charge is 0.236 e. The van der Waals surface area contributed by atoms with E-state index in [4.69, 9.17) is 0 Å². The number of rotatable bonds is 6. The summed E-state index contributed by atoms with van der Waals surface area (Å²) in [6.45, 7) is 8.84. The van der Waals surface area contributed by atoms with Crippen LogP contribution in [0.5, 0.6) is 0 Å². The lowest BCUT2D eigenvalue weighted by Gasteiger charge is -2.22. The van der Waals surface area contributed by atoms with Crippen molar-refractivity contribution in [3.63, 3.8) is 0 Å². The average molecular weight is 451 g/mol. The van der Waals surface area contributed by atoms with Gasteiger partial charge in [0.05, 0.1) is 8.80 Å². The van der Waals surface area contributed by atoms with Gasteiger partial charge in [-0.25, -0.2) is 0 Å². The molecule has 0 aliphatic heterocycles. The van der Waals surface area contributed by atoms with Crippen molar-refractivity contribution >= 4 is 49.6 Å². The minimum absolute atomic E-state index is 0.702. The van der Waals surface area contributed by atoms with E-state index >= 15 is 0 Å². The SMILES string of the molecule is CC[SiH](CC)c1cc2ccccc2n1C.CC[Si](O)(CC)c1cc2ccccc2n1C. The molecule has 5 heteroatoms. The largest absolute Gasteiger partial charge is 0.426 e. The molecule has 0 saturated heterocycles. The van der Waals surface area contributed by atoms with Gasteiger partial charge in [-0.05, 0) is 52.4 Å². The van der Waals surface area contributed by atoms with E-state index in [1.54, 1.807) is 5.32 Å². The summed E-state index contributed by atoms with van der Waals surface area (Å²) in [5, 5.41) is 5.39. The van der Waals surface area contributed by atoms with Crippen molar-refractivity contribution in [1.29, 1.82) is 0 Å². The summed E-state index contributed by atoms with van der Waals surface area (Å²) in [5.41, 5.74) is 2.59. The molecule has 0 amide bonds. The molecular weight excluding hydrogens is 412 g/mol. The molecule has 4 aromatic rings. The number of nitrogens with zero attached hydrogens (tertiary/aromatic N) is 2. The van der Waals surface area contributed by atoms with Gasteiger partial charge >= 0.3 is 0 Å². The number of hydrogen-bond acceptors (Lipinski definition) is 1. The first-order valence-electron chi connectivity index (χ1n) is 11.7. The number of para-hydroxylation sites is 2. The van der Waals surface area contributed by atoms with Gasteiger partial charge in [0.25, 0.3) is 0 Å². The van der Waals surface area contributed by atoms with Crippen molar-refractivity contribution < 1.29 is 4.80 Å². The van der Waals surface area contributed by atoms with Crippen LogP contribution >= 0.6 is 0 Å². The molecule has 3 nitrogen and oxygen atoms in total. The normalized spacial score (nSPS) is 11.9. The molecule has 31 heavy (non-hydrogen) atoms. The van der Waals surface area contributed by atoms with E-state index < -0.39 is 17.1 Å². The zero-order chi connectivity index (χ0) is 22.6. The maximum Gasteiger partial charge on any atom is 0.236 e. The molecule has 0 unspecified atom stereocenters. The maximum absolute atomic E-state index is 10.7. The summed E-state index contributed by atoms with van der Waals surface area (Å²) in [4.78, 5) is 10.7. The lowest BCUT2D eigenvalue weighted by molar-refractivity contribution is 0.546. The van der Waals surface area contributed by atoms with Gasteiger partial charge in [0, 0.05) is 30.4 Å². The molecule has 4 rings (SSSR count). The third-order valence-corrected chi connectivity index (χ3v) is 14.1. The fourth-order valence-electron chi connectivity index (χ4n) is 4.76. The van der Waals surface area contributed by atoms with Crippen LogP contribution in [-0.2, 0) is 14.1 Å². The van der Waals surface area contributed by atoms with Crippen LogP contribution in [0.1, 0.15) is 27.7 Å². The monoisotopic (exact) mass is 450 g/mol. The number of benzene rings is 2. The highest BCUT2D eigenvalue weighted by Gasteiger charge is 2.32. The number of aromatic nitrogens is 2. The summed E-state index contributed by atoms with van der Waals surface area (Å²) in [6.07, 6.45) is 0. The van der Waals surface area contributed by atoms with Crippen LogP contribution in [0.15, 0.2) is 60.7 Å². The Morgan fingerprint density at radius 3 is 1.68 bits per heavy atom. The second-order valence-electron chi connectivity index (χ2n) is 8.59. The van der Waals surface area contributed by atoms with Crippen LogP contribution in [0.2, 0.25) is 24.2 Å². The van der Waals surface area contributed by atoms with Crippen molar-refractivity contribution in [2.45, 2.75) is 51.9 Å². The molecule has 2 aromatic heterocycles. The minimum atomic E-state index is -2.24. The summed E-state index contributed by atoms with van der Waals surface area (Å²) >= 11 is 0. The predicted octanol–water partition coefficient (Wildman–Crippen LogP) is 5.02. The molecule has 0 atom stereocenters. The first-order valence-corrected chi connectivity index (χ1v) is 16.3. The van der Waals surface area contributed by atoms with Crippen molar-refractivity contribution in [3.05, 3.63) is 60.7 Å². The molecule has 0 saturated carbocycles. The van der Waals surface area contributed by atoms with Crippen molar-refractivity contribution in [2.24, 2.45) is 14.1 Å². The molecule has 0 radical (unpaired) electrons. The first kappa shape index (κ1) is 23.6. The summed E-state index contributed by atoms with van der Waals surface area (Å²) < 4.78 is 4.56. The predicted molar refractivity (Wildman–Crippen MR) is 142 cm³/mol. The highest BCUT2D eigenvalue weighted by atomic mass is 28.4. The molecular formula is C26H38N2OSi2. The van der Waals surface area contributed by atoms with Crippen LogP contribution in [0.4, 0.5) is 0 Å². The highest BCUT2D eigenvalue weighted by molar-refractivity contribution is 6.85. The summed E-state index contributed by atoms with van der Waals surface area (Å²) in [7, 11) is 1.33. The molecule has 0 aliphatic carbocycles. The van der Waals surface area contributed by atoms with Gasteiger partial charge in [-0.2, -0.15) is 0 Å². The van der Waals surface area contributed by atoms with Crippen LogP contribution in [0, 0.1) is 0 Å². The Bertz CT molecular complexity index is 1140. The molecule has 166 valence electrons. The minimum Gasteiger partial charge on any atom is -0.426 e. The number of fused-ring (bicyclic) bond motifs is 2. The average Bonchev–Trinajstić information content (AvgIpc) is 3.33. The third-order valence-electron chi connectivity index (χ3n) is 6.99. The van der Waals surface area contributed by atoms with Crippen molar-refractivity contribution in [1.82, 2.24) is 9.13 Å². The van der Waals surface area contributed by atoms with Crippen molar-refractivity contribution in [2.75, 3.05) is 0 Å². The Morgan fingerprint density at radius 1 is 0.742 bits per heavy atom. The van der Waals surface area contributed by atoms with Crippen LogP contribution in [-0.4, -0.2) is 31.0 Å². The second kappa shape index (κ2) is 10.0. The zero-order valence-corrected chi connectivity index (χ0v) is 22.2. The van der Waals surface area contributed by atoms with E-state index in [0.29, 0.717) is 0 Å². The standard InChI is InChI=1S/C13H19NOSi.C13H19NSi/c1-4-16(15,5-2)13-10-11-8-6-7-9-12(11)14(13)3;1-4-15(5-2)13-10-11-8-6-7-9-12(11)14(13)3/h6-10,15H,4-5H2,1-3H3;6-10,15H,4-5H2,1-3H3. The quantitative estimate of drug-likeness (QED) is 0.411. The molecule has 2 heterocycles. The van der Waals surface area contributed by atoms with E-state index in [2.05, 4.69) is 99.5 Å². The Hall–Kier alpha value is -2.09. The second-order valence-corrected chi connectivity index (χ2v) is 16.2. The summed E-state index contributed by atoms with van der Waals surface area (Å²) in [5.74, 6) is 0. The van der Waals surface area contributed by atoms with Crippen LogP contribution in [0.3, 0.4) is 0 Å². The Balaban J connectivity index is 0.000000176. The fourth-order valence-corrected chi connectivity index (χ4v) is 9.67. The van der Waals surface area contributed by atoms with Gasteiger partial charge in [-0.15, -0.1) is 0 Å². The van der Waals surface area contributed by atoms with E-state index in [0.717, 1.165) is 17.4 Å². The Morgan fingerprint density at radius 2 is 1.23 bits per heavy atom. The maximum atomic E-state index is 10.7. The van der Waals surface area contributed by atoms with Gasteiger partial charge in [0.2, 0.25) is 8.32 Å². The lowest BCUT2D eigenvalue weighted by atomic mass is 10.2. The number of aryl methyl sites for hydroxylation is 2. The van der Waals surface area contributed by atoms with Gasteiger partial charge in [-0.1, -0.05) is 76.2 Å². The molecule has 2 aromatic carbocycles. The van der Waals surface area contributed by atoms with Crippen molar-refractivity contribution in [3.8, 4) is 0 Å². The van der Waals surface area contributed by atoms with Crippen LogP contribution < -0.4 is 10.6 Å². The molecule has 0 fully saturated rings. The molecule has 0 spiro atoms. The molecule has 0 bridgehead atoms. The van der Waals surface area contributed by atoms with E-state index in [1.807, 2.05) is 12.1 Å². The van der Waals surface area contributed by atoms with E-state index in [9.17, 15) is 4.80 Å². The lowest BCUT2D eigenvalue weighted by Crippen LogP contribution is -2.49. The van der Waals surface area contributed by atoms with Gasteiger partial charge in [-0.3, -0.25) is 0 Å². The Kier molecular flexibility index (Phi) is 7.62. The van der Waals surface area contributed by atoms with Crippen LogP contribution in [0.25, 0.3) is 21.8 Å². The first-order chi connectivity index (χ1) is 14.9. The molecule has 1 N–H and O–H groups in total. The topological polar surface area (TPSA) is 30.1 Å². The fraction of sp³-hybridized carbons (Fsp3) is 0.385. The third kappa shape index (κ3) is 4.59.